The van der Waals surface area contributed by atoms with Crippen molar-refractivity contribution < 1.29 is 19.1 Å². The summed E-state index contributed by atoms with van der Waals surface area (Å²) >= 11 is 0. The summed E-state index contributed by atoms with van der Waals surface area (Å²) in [5.41, 5.74) is 9.32. The Bertz CT molecular complexity index is 1360. The predicted molar refractivity (Wildman–Crippen MR) is 129 cm³/mol. The summed E-state index contributed by atoms with van der Waals surface area (Å²) in [5, 5.41) is 0. The third kappa shape index (κ3) is 3.23. The molecule has 2 aliphatic heterocycles. The molecule has 2 N–H and O–H groups in total. The minimum Gasteiger partial charge on any atom is -0.497 e. The maximum atomic E-state index is 13.7. The zero-order chi connectivity index (χ0) is 24.0. The van der Waals surface area contributed by atoms with E-state index < -0.39 is 5.54 Å². The molecule has 0 radical (unpaired) electrons. The number of carbonyl (C=O) groups excluding carboxylic acids is 2. The molecule has 3 aromatic carbocycles. The number of amides is 1. The van der Waals surface area contributed by atoms with Crippen LogP contribution in [0.3, 0.4) is 0 Å². The summed E-state index contributed by atoms with van der Waals surface area (Å²) in [6, 6.07) is 18.6. The van der Waals surface area contributed by atoms with E-state index in [-0.39, 0.29) is 17.6 Å². The molecule has 1 unspecified atom stereocenters. The van der Waals surface area contributed by atoms with Gasteiger partial charge in [0.05, 0.1) is 13.7 Å². The molecule has 5 rings (SSSR count). The van der Waals surface area contributed by atoms with Crippen molar-refractivity contribution in [2.24, 2.45) is 10.7 Å². The van der Waals surface area contributed by atoms with E-state index in [2.05, 4.69) is 0 Å². The number of ketones is 1. The van der Waals surface area contributed by atoms with Crippen LogP contribution in [-0.2, 0) is 16.8 Å². The van der Waals surface area contributed by atoms with Gasteiger partial charge in [-0.2, -0.15) is 0 Å². The van der Waals surface area contributed by atoms with E-state index in [1.807, 2.05) is 48.5 Å². The van der Waals surface area contributed by atoms with Gasteiger partial charge in [0.15, 0.2) is 17.3 Å². The van der Waals surface area contributed by atoms with Crippen molar-refractivity contribution in [3.8, 4) is 22.6 Å². The van der Waals surface area contributed by atoms with Gasteiger partial charge in [-0.3, -0.25) is 14.5 Å². The zero-order valence-corrected chi connectivity index (χ0v) is 19.3. The second kappa shape index (κ2) is 8.02. The number of fused-ring (bicyclic) bond motifs is 1. The first-order valence-corrected chi connectivity index (χ1v) is 11.0. The molecule has 3 aromatic rings. The van der Waals surface area contributed by atoms with Gasteiger partial charge in [-0.05, 0) is 71.1 Å². The Balaban J connectivity index is 1.73. The molecule has 1 amide bonds. The molecule has 172 valence electrons. The molecule has 1 atom stereocenters. The van der Waals surface area contributed by atoms with Gasteiger partial charge in [-0.1, -0.05) is 24.3 Å². The van der Waals surface area contributed by atoms with Crippen molar-refractivity contribution in [3.05, 3.63) is 82.9 Å². The standard InChI is InChI=1S/C27H25N3O4/c1-16(31)22-9-8-21(33-3)15-23(22)17-5-4-6-19(13-17)27(25(32)30(2)26(28)29-27)20-7-10-24-18(14-20)11-12-34-24/h4-10,13-15H,11-12H2,1-3H3,(H2,28,29). The molecule has 0 fully saturated rings. The van der Waals surface area contributed by atoms with Crippen LogP contribution in [0.5, 0.6) is 11.5 Å². The highest BCUT2D eigenvalue weighted by Crippen LogP contribution is 2.43. The molecule has 34 heavy (non-hydrogen) atoms. The van der Waals surface area contributed by atoms with Gasteiger partial charge >= 0.3 is 0 Å². The first-order valence-electron chi connectivity index (χ1n) is 11.0. The lowest BCUT2D eigenvalue weighted by atomic mass is 9.80. The average Bonchev–Trinajstić information content (AvgIpc) is 3.42. The summed E-state index contributed by atoms with van der Waals surface area (Å²) in [4.78, 5) is 32.1. The normalized spacial score (nSPS) is 19.0. The van der Waals surface area contributed by atoms with Gasteiger partial charge in [0, 0.05) is 19.0 Å². The van der Waals surface area contributed by atoms with Crippen molar-refractivity contribution in [2.75, 3.05) is 20.8 Å². The van der Waals surface area contributed by atoms with E-state index in [9.17, 15) is 9.59 Å². The third-order valence-electron chi connectivity index (χ3n) is 6.54. The minimum atomic E-state index is -1.33. The number of ether oxygens (including phenoxy) is 2. The lowest BCUT2D eigenvalue weighted by Crippen LogP contribution is -2.41. The third-order valence-corrected chi connectivity index (χ3v) is 6.54. The van der Waals surface area contributed by atoms with Crippen LogP contribution < -0.4 is 15.2 Å². The minimum absolute atomic E-state index is 0.0599. The lowest BCUT2D eigenvalue weighted by Gasteiger charge is -2.27. The van der Waals surface area contributed by atoms with Gasteiger partial charge in [0.2, 0.25) is 0 Å². The molecular weight excluding hydrogens is 430 g/mol. The Hall–Kier alpha value is -4.13. The number of carbonyl (C=O) groups is 2. The molecule has 7 heteroatoms. The smallest absolute Gasteiger partial charge is 0.266 e. The number of aliphatic imine (C=N–C) groups is 1. The van der Waals surface area contributed by atoms with Gasteiger partial charge in [0.25, 0.3) is 5.91 Å². The van der Waals surface area contributed by atoms with Crippen LogP contribution in [0.25, 0.3) is 11.1 Å². The van der Waals surface area contributed by atoms with E-state index in [0.29, 0.717) is 23.5 Å². The van der Waals surface area contributed by atoms with Crippen molar-refractivity contribution in [1.29, 1.82) is 0 Å². The number of rotatable bonds is 5. The van der Waals surface area contributed by atoms with Crippen LogP contribution in [0, 0.1) is 0 Å². The first-order chi connectivity index (χ1) is 16.3. The quantitative estimate of drug-likeness (QED) is 0.594. The topological polar surface area (TPSA) is 94.2 Å². The van der Waals surface area contributed by atoms with Crippen LogP contribution in [-0.4, -0.2) is 43.3 Å². The fourth-order valence-corrected chi connectivity index (χ4v) is 4.70. The van der Waals surface area contributed by atoms with Gasteiger partial charge in [0.1, 0.15) is 11.5 Å². The maximum Gasteiger partial charge on any atom is 0.266 e. The van der Waals surface area contributed by atoms with Gasteiger partial charge in [-0.25, -0.2) is 4.99 Å². The zero-order valence-electron chi connectivity index (χ0n) is 19.3. The number of guanidine groups is 1. The van der Waals surface area contributed by atoms with Crippen LogP contribution in [0.2, 0.25) is 0 Å². The van der Waals surface area contributed by atoms with Crippen molar-refractivity contribution >= 4 is 17.6 Å². The molecule has 0 bridgehead atoms. The first kappa shape index (κ1) is 21.7. The number of likely N-dealkylation sites (N-methyl/N-ethyl adjacent to an activating group) is 1. The molecule has 2 aliphatic rings. The van der Waals surface area contributed by atoms with E-state index >= 15 is 0 Å². The van der Waals surface area contributed by atoms with E-state index in [1.165, 1.54) is 11.8 Å². The molecule has 0 saturated heterocycles. The molecular formula is C27H25N3O4. The second-order valence-electron chi connectivity index (χ2n) is 8.51. The highest BCUT2D eigenvalue weighted by atomic mass is 16.5. The number of nitrogens with two attached hydrogens (primary N) is 1. The Kier molecular flexibility index (Phi) is 5.12. The number of nitrogens with zero attached hydrogens (tertiary/aromatic N) is 2. The Morgan fingerprint density at radius 2 is 1.91 bits per heavy atom. The number of Topliss-reactive ketones (excluding diaryl/α,β-unsaturated/α-hetero) is 1. The SMILES string of the molecule is COc1ccc(C(C)=O)c(-c2cccc(C3(c4ccc5c(c4)CCO5)N=C(N)N(C)C3=O)c2)c1. The summed E-state index contributed by atoms with van der Waals surface area (Å²) < 4.78 is 11.1. The molecule has 0 aliphatic carbocycles. The Morgan fingerprint density at radius 3 is 2.62 bits per heavy atom. The molecule has 0 spiro atoms. The number of methoxy groups -OCH3 is 1. The summed E-state index contributed by atoms with van der Waals surface area (Å²) in [5.74, 6) is 1.32. The summed E-state index contributed by atoms with van der Waals surface area (Å²) in [7, 11) is 3.21. The number of benzene rings is 3. The molecule has 0 saturated carbocycles. The fourth-order valence-electron chi connectivity index (χ4n) is 4.70. The Labute approximate surface area is 197 Å². The molecule has 0 aromatic heterocycles. The van der Waals surface area contributed by atoms with E-state index in [4.69, 9.17) is 20.2 Å². The number of hydrogen-bond donors (Lipinski definition) is 1. The van der Waals surface area contributed by atoms with Crippen LogP contribution >= 0.6 is 0 Å². The highest BCUT2D eigenvalue weighted by molar-refractivity contribution is 6.09. The van der Waals surface area contributed by atoms with Crippen molar-refractivity contribution in [2.45, 2.75) is 18.9 Å². The van der Waals surface area contributed by atoms with E-state index in [1.54, 1.807) is 26.3 Å². The van der Waals surface area contributed by atoms with Crippen LogP contribution in [0.1, 0.15) is 34.0 Å². The second-order valence-corrected chi connectivity index (χ2v) is 8.51. The Morgan fingerprint density at radius 1 is 1.12 bits per heavy atom. The number of hydrogen-bond acceptors (Lipinski definition) is 6. The summed E-state index contributed by atoms with van der Waals surface area (Å²) in [6.07, 6.45) is 0.772. The van der Waals surface area contributed by atoms with Crippen molar-refractivity contribution in [3.63, 3.8) is 0 Å². The maximum absolute atomic E-state index is 13.7. The predicted octanol–water partition coefficient (Wildman–Crippen LogP) is 3.53. The molecule has 7 nitrogen and oxygen atoms in total. The lowest BCUT2D eigenvalue weighted by molar-refractivity contribution is -0.129. The fraction of sp³-hybridized carbons (Fsp3) is 0.222. The monoisotopic (exact) mass is 455 g/mol. The largest absolute Gasteiger partial charge is 0.497 e. The average molecular weight is 456 g/mol. The summed E-state index contributed by atoms with van der Waals surface area (Å²) in [6.45, 7) is 2.15. The van der Waals surface area contributed by atoms with Crippen molar-refractivity contribution in [1.82, 2.24) is 4.90 Å². The van der Waals surface area contributed by atoms with Gasteiger partial charge < -0.3 is 15.2 Å². The molecule has 2 heterocycles. The van der Waals surface area contributed by atoms with E-state index in [0.717, 1.165) is 34.4 Å². The van der Waals surface area contributed by atoms with Crippen LogP contribution in [0.4, 0.5) is 0 Å². The van der Waals surface area contributed by atoms with Crippen LogP contribution in [0.15, 0.2) is 65.7 Å². The van der Waals surface area contributed by atoms with Gasteiger partial charge in [-0.15, -0.1) is 0 Å². The highest BCUT2D eigenvalue weighted by Gasteiger charge is 2.50.